The Bertz CT molecular complexity index is 501. The summed E-state index contributed by atoms with van der Waals surface area (Å²) in [6.07, 6.45) is 4.94. The van der Waals surface area contributed by atoms with Crippen LogP contribution < -0.4 is 0 Å². The van der Waals surface area contributed by atoms with Crippen LogP contribution in [0.3, 0.4) is 0 Å². The van der Waals surface area contributed by atoms with Gasteiger partial charge in [-0.15, -0.1) is 0 Å². The molecule has 3 rings (SSSR count). The van der Waals surface area contributed by atoms with E-state index in [1.54, 1.807) is 19.2 Å². The normalized spacial score (nSPS) is 21.8. The van der Waals surface area contributed by atoms with E-state index in [1.807, 2.05) is 17.0 Å². The first-order valence-electron chi connectivity index (χ1n) is 7.20. The number of carbonyl (C=O) groups is 1. The van der Waals surface area contributed by atoms with E-state index in [0.29, 0.717) is 22.1 Å². The number of rotatable bonds is 2. The van der Waals surface area contributed by atoms with Crippen LogP contribution >= 0.6 is 11.6 Å². The lowest BCUT2D eigenvalue weighted by atomic mass is 9.61. The molecule has 20 heavy (non-hydrogen) atoms. The average molecular weight is 294 g/mol. The molecule has 0 bridgehead atoms. The van der Waals surface area contributed by atoms with Crippen LogP contribution in [-0.2, 0) is 4.74 Å². The smallest absolute Gasteiger partial charge is 0.253 e. The maximum atomic E-state index is 12.4. The van der Waals surface area contributed by atoms with Crippen molar-refractivity contribution in [1.29, 1.82) is 0 Å². The lowest BCUT2D eigenvalue weighted by Crippen LogP contribution is -2.50. The summed E-state index contributed by atoms with van der Waals surface area (Å²) in [6.45, 7) is 1.70. The van der Waals surface area contributed by atoms with Crippen molar-refractivity contribution in [3.05, 3.63) is 34.9 Å². The number of halogens is 1. The minimum atomic E-state index is 0.102. The van der Waals surface area contributed by atoms with Crippen molar-refractivity contribution in [3.8, 4) is 0 Å². The van der Waals surface area contributed by atoms with E-state index in [-0.39, 0.29) is 5.91 Å². The number of methoxy groups -OCH3 is 1. The highest BCUT2D eigenvalue weighted by atomic mass is 35.5. The van der Waals surface area contributed by atoms with Crippen LogP contribution in [0, 0.1) is 5.41 Å². The second-order valence-electron chi connectivity index (χ2n) is 6.07. The Kier molecular flexibility index (Phi) is 3.74. The summed E-state index contributed by atoms with van der Waals surface area (Å²) >= 11 is 5.95. The number of likely N-dealkylation sites (tertiary alicyclic amines) is 1. The Morgan fingerprint density at radius 3 is 2.65 bits per heavy atom. The van der Waals surface area contributed by atoms with E-state index < -0.39 is 0 Å². The maximum absolute atomic E-state index is 12.4. The molecule has 2 fully saturated rings. The number of amides is 1. The third kappa shape index (κ3) is 2.57. The Morgan fingerprint density at radius 1 is 1.35 bits per heavy atom. The summed E-state index contributed by atoms with van der Waals surface area (Å²) in [5.41, 5.74) is 1.13. The van der Waals surface area contributed by atoms with Gasteiger partial charge >= 0.3 is 0 Å². The van der Waals surface area contributed by atoms with Gasteiger partial charge in [0.2, 0.25) is 0 Å². The summed E-state index contributed by atoms with van der Waals surface area (Å²) in [4.78, 5) is 14.4. The fourth-order valence-corrected chi connectivity index (χ4v) is 3.66. The second kappa shape index (κ2) is 5.38. The fraction of sp³-hybridized carbons (Fsp3) is 0.562. The van der Waals surface area contributed by atoms with E-state index in [1.165, 1.54) is 0 Å². The Labute approximate surface area is 124 Å². The lowest BCUT2D eigenvalue weighted by molar-refractivity contribution is -0.0841. The number of nitrogens with zero attached hydrogens (tertiary/aromatic N) is 1. The van der Waals surface area contributed by atoms with Gasteiger partial charge in [-0.25, -0.2) is 0 Å². The molecule has 0 aromatic heterocycles. The van der Waals surface area contributed by atoms with Gasteiger partial charge in [-0.05, 0) is 49.3 Å². The molecule has 4 heteroatoms. The van der Waals surface area contributed by atoms with Gasteiger partial charge in [0, 0.05) is 30.8 Å². The molecule has 1 amide bonds. The molecule has 1 aliphatic carbocycles. The van der Waals surface area contributed by atoms with E-state index in [4.69, 9.17) is 16.3 Å². The van der Waals surface area contributed by atoms with Gasteiger partial charge < -0.3 is 9.64 Å². The van der Waals surface area contributed by atoms with Crippen LogP contribution in [0.1, 0.15) is 36.0 Å². The molecule has 1 spiro atoms. The highest BCUT2D eigenvalue weighted by Gasteiger charge is 2.46. The molecule has 1 aliphatic heterocycles. The molecule has 0 unspecified atom stereocenters. The first kappa shape index (κ1) is 13.9. The van der Waals surface area contributed by atoms with Crippen molar-refractivity contribution in [2.45, 2.75) is 31.8 Å². The predicted molar refractivity (Wildman–Crippen MR) is 79.1 cm³/mol. The van der Waals surface area contributed by atoms with E-state index >= 15 is 0 Å². The van der Waals surface area contributed by atoms with Crippen molar-refractivity contribution in [3.63, 3.8) is 0 Å². The molecule has 1 saturated carbocycles. The van der Waals surface area contributed by atoms with Crippen molar-refractivity contribution in [2.75, 3.05) is 20.2 Å². The summed E-state index contributed by atoms with van der Waals surface area (Å²) in [5.74, 6) is 0.102. The van der Waals surface area contributed by atoms with Crippen molar-refractivity contribution in [2.24, 2.45) is 5.41 Å². The summed E-state index contributed by atoms with van der Waals surface area (Å²) in [5, 5.41) is 0.617. The molecular formula is C16H20ClNO2. The first-order valence-corrected chi connectivity index (χ1v) is 7.57. The zero-order chi connectivity index (χ0) is 14.2. The predicted octanol–water partition coefficient (Wildman–Crippen LogP) is 3.37. The van der Waals surface area contributed by atoms with Gasteiger partial charge in [0.25, 0.3) is 5.91 Å². The number of hydrogen-bond donors (Lipinski definition) is 0. The SMILES string of the molecule is COC1CC2(CCN(C(=O)c3cccc(Cl)c3)CC2)C1. The van der Waals surface area contributed by atoms with E-state index in [0.717, 1.165) is 38.8 Å². The van der Waals surface area contributed by atoms with Crippen LogP contribution in [0.2, 0.25) is 5.02 Å². The third-order valence-electron chi connectivity index (χ3n) is 4.84. The van der Waals surface area contributed by atoms with Gasteiger partial charge in [-0.2, -0.15) is 0 Å². The number of hydrogen-bond acceptors (Lipinski definition) is 2. The van der Waals surface area contributed by atoms with Crippen molar-refractivity contribution < 1.29 is 9.53 Å². The number of piperidine rings is 1. The molecule has 1 aromatic carbocycles. The Balaban J connectivity index is 1.60. The summed E-state index contributed by atoms with van der Waals surface area (Å²) in [7, 11) is 1.79. The molecule has 1 heterocycles. The highest BCUT2D eigenvalue weighted by molar-refractivity contribution is 6.30. The molecule has 1 aromatic rings. The third-order valence-corrected chi connectivity index (χ3v) is 5.07. The van der Waals surface area contributed by atoms with Crippen LogP contribution in [0.25, 0.3) is 0 Å². The molecule has 3 nitrogen and oxygen atoms in total. The van der Waals surface area contributed by atoms with Gasteiger partial charge in [-0.3, -0.25) is 4.79 Å². The van der Waals surface area contributed by atoms with Crippen LogP contribution in [-0.4, -0.2) is 37.1 Å². The molecule has 0 atom stereocenters. The fourth-order valence-electron chi connectivity index (χ4n) is 3.47. The average Bonchev–Trinajstić information content (AvgIpc) is 2.44. The van der Waals surface area contributed by atoms with Crippen LogP contribution in [0.5, 0.6) is 0 Å². The van der Waals surface area contributed by atoms with Gasteiger partial charge in [0.15, 0.2) is 0 Å². The first-order chi connectivity index (χ1) is 9.62. The number of benzene rings is 1. The minimum absolute atomic E-state index is 0.102. The Hall–Kier alpha value is -1.06. The summed E-state index contributed by atoms with van der Waals surface area (Å²) in [6, 6.07) is 7.21. The summed E-state index contributed by atoms with van der Waals surface area (Å²) < 4.78 is 5.38. The number of carbonyl (C=O) groups excluding carboxylic acids is 1. The van der Waals surface area contributed by atoms with Gasteiger partial charge in [-0.1, -0.05) is 17.7 Å². The van der Waals surface area contributed by atoms with E-state index in [2.05, 4.69) is 0 Å². The Morgan fingerprint density at radius 2 is 2.05 bits per heavy atom. The molecule has 0 radical (unpaired) electrons. The molecule has 1 saturated heterocycles. The molecule has 108 valence electrons. The van der Waals surface area contributed by atoms with Crippen LogP contribution in [0.15, 0.2) is 24.3 Å². The van der Waals surface area contributed by atoms with Gasteiger partial charge in [0.1, 0.15) is 0 Å². The quantitative estimate of drug-likeness (QED) is 0.837. The standard InChI is InChI=1S/C16H20ClNO2/c1-20-14-10-16(11-14)5-7-18(8-6-16)15(19)12-3-2-4-13(17)9-12/h2-4,9,14H,5-8,10-11H2,1H3. The van der Waals surface area contributed by atoms with Crippen molar-refractivity contribution >= 4 is 17.5 Å². The topological polar surface area (TPSA) is 29.5 Å². The van der Waals surface area contributed by atoms with Crippen LogP contribution in [0.4, 0.5) is 0 Å². The molecule has 2 aliphatic rings. The van der Waals surface area contributed by atoms with E-state index in [9.17, 15) is 4.79 Å². The molecular weight excluding hydrogens is 274 g/mol. The van der Waals surface area contributed by atoms with Gasteiger partial charge in [0.05, 0.1) is 6.10 Å². The lowest BCUT2D eigenvalue weighted by Gasteiger charge is -2.51. The largest absolute Gasteiger partial charge is 0.381 e. The number of ether oxygens (including phenoxy) is 1. The zero-order valence-electron chi connectivity index (χ0n) is 11.8. The second-order valence-corrected chi connectivity index (χ2v) is 6.50. The monoisotopic (exact) mass is 293 g/mol. The minimum Gasteiger partial charge on any atom is -0.381 e. The molecule has 0 N–H and O–H groups in total. The maximum Gasteiger partial charge on any atom is 0.253 e. The zero-order valence-corrected chi connectivity index (χ0v) is 12.5. The van der Waals surface area contributed by atoms with Crippen molar-refractivity contribution in [1.82, 2.24) is 4.90 Å². The highest BCUT2D eigenvalue weighted by Crippen LogP contribution is 2.50.